The molecule has 2 aliphatic rings. The number of anilines is 2. The fraction of sp³-hybridized carbons (Fsp3) is 0.350. The Bertz CT molecular complexity index is 842. The zero-order valence-electron chi connectivity index (χ0n) is 15.4. The Hall–Kier alpha value is -3.09. The number of hydrogen-bond acceptors (Lipinski definition) is 5. The molecule has 0 spiro atoms. The van der Waals surface area contributed by atoms with Crippen LogP contribution in [0.4, 0.5) is 16.3 Å². The number of hydrogen-bond donors (Lipinski definition) is 1. The molecule has 1 aliphatic carbocycles. The molecule has 0 unspecified atom stereocenters. The average Bonchev–Trinajstić information content (AvgIpc) is 3.19. The second-order valence-corrected chi connectivity index (χ2v) is 6.53. The third-order valence-electron chi connectivity index (χ3n) is 4.82. The summed E-state index contributed by atoms with van der Waals surface area (Å²) in [5.41, 5.74) is 2.96. The second kappa shape index (κ2) is 7.65. The average molecular weight is 365 g/mol. The number of amides is 2. The standard InChI is InChI=1S/C20H23N5O2/c1-2-27-16-8-6-15(7-9-16)23-20(26)25-12-10-24(11-13-25)19-17-4-3-5-18(17)21-14-22-19/h3-4,6-9,14H,2,5,10-13H2,1H3,(H,23,26). The van der Waals surface area contributed by atoms with Crippen LogP contribution in [0.3, 0.4) is 0 Å². The van der Waals surface area contributed by atoms with Gasteiger partial charge in [-0.2, -0.15) is 0 Å². The summed E-state index contributed by atoms with van der Waals surface area (Å²) >= 11 is 0. The highest BCUT2D eigenvalue weighted by Gasteiger charge is 2.24. The first-order valence-electron chi connectivity index (χ1n) is 9.28. The molecule has 2 heterocycles. The van der Waals surface area contributed by atoms with Crippen LogP contribution in [-0.4, -0.2) is 53.7 Å². The van der Waals surface area contributed by atoms with Gasteiger partial charge in [0.15, 0.2) is 0 Å². The lowest BCUT2D eigenvalue weighted by Crippen LogP contribution is -2.50. The minimum atomic E-state index is -0.0772. The van der Waals surface area contributed by atoms with Crippen molar-refractivity contribution in [3.8, 4) is 5.75 Å². The number of urea groups is 1. The second-order valence-electron chi connectivity index (χ2n) is 6.53. The molecule has 140 valence electrons. The predicted octanol–water partition coefficient (Wildman–Crippen LogP) is 2.80. The van der Waals surface area contributed by atoms with Gasteiger partial charge in [0.1, 0.15) is 17.9 Å². The minimum Gasteiger partial charge on any atom is -0.494 e. The van der Waals surface area contributed by atoms with Crippen LogP contribution in [0.25, 0.3) is 6.08 Å². The summed E-state index contributed by atoms with van der Waals surface area (Å²) < 4.78 is 5.42. The molecule has 2 amide bonds. The van der Waals surface area contributed by atoms with Crippen molar-refractivity contribution in [1.82, 2.24) is 14.9 Å². The van der Waals surface area contributed by atoms with Crippen LogP contribution in [-0.2, 0) is 6.42 Å². The maximum atomic E-state index is 12.5. The normalized spacial score (nSPS) is 15.6. The van der Waals surface area contributed by atoms with E-state index in [4.69, 9.17) is 4.74 Å². The summed E-state index contributed by atoms with van der Waals surface area (Å²) in [7, 11) is 0. The Balaban J connectivity index is 1.34. The quantitative estimate of drug-likeness (QED) is 0.902. The van der Waals surface area contributed by atoms with Gasteiger partial charge in [0.25, 0.3) is 0 Å². The zero-order chi connectivity index (χ0) is 18.6. The monoisotopic (exact) mass is 365 g/mol. The molecule has 1 aliphatic heterocycles. The molecule has 1 fully saturated rings. The van der Waals surface area contributed by atoms with Crippen molar-refractivity contribution in [2.45, 2.75) is 13.3 Å². The molecule has 0 saturated carbocycles. The Morgan fingerprint density at radius 3 is 2.67 bits per heavy atom. The molecule has 7 nitrogen and oxygen atoms in total. The van der Waals surface area contributed by atoms with Crippen LogP contribution in [0, 0.1) is 0 Å². The third kappa shape index (κ3) is 3.72. The van der Waals surface area contributed by atoms with Crippen LogP contribution in [0.15, 0.2) is 36.7 Å². The molecule has 1 aromatic carbocycles. The molecule has 1 aromatic heterocycles. The molecule has 7 heteroatoms. The molecule has 2 aromatic rings. The van der Waals surface area contributed by atoms with Gasteiger partial charge in [0, 0.05) is 43.9 Å². The SMILES string of the molecule is CCOc1ccc(NC(=O)N2CCN(c3ncnc4c3C=CC4)CC2)cc1. The number of carbonyl (C=O) groups excluding carboxylic acids is 1. The van der Waals surface area contributed by atoms with Gasteiger partial charge in [-0.15, -0.1) is 0 Å². The zero-order valence-corrected chi connectivity index (χ0v) is 15.4. The van der Waals surface area contributed by atoms with Crippen molar-refractivity contribution in [3.63, 3.8) is 0 Å². The van der Waals surface area contributed by atoms with E-state index in [9.17, 15) is 4.79 Å². The summed E-state index contributed by atoms with van der Waals surface area (Å²) in [6, 6.07) is 7.36. The summed E-state index contributed by atoms with van der Waals surface area (Å²) in [5, 5.41) is 2.95. The Morgan fingerprint density at radius 2 is 1.93 bits per heavy atom. The van der Waals surface area contributed by atoms with E-state index in [1.807, 2.05) is 36.1 Å². The van der Waals surface area contributed by atoms with Crippen molar-refractivity contribution in [3.05, 3.63) is 47.9 Å². The van der Waals surface area contributed by atoms with E-state index in [-0.39, 0.29) is 6.03 Å². The van der Waals surface area contributed by atoms with Gasteiger partial charge in [-0.3, -0.25) is 0 Å². The topological polar surface area (TPSA) is 70.6 Å². The summed E-state index contributed by atoms with van der Waals surface area (Å²) in [4.78, 5) is 25.4. The molecule has 27 heavy (non-hydrogen) atoms. The smallest absolute Gasteiger partial charge is 0.321 e. The van der Waals surface area contributed by atoms with Gasteiger partial charge in [0.05, 0.1) is 12.3 Å². The van der Waals surface area contributed by atoms with E-state index in [2.05, 4.69) is 32.3 Å². The molecule has 0 bridgehead atoms. The van der Waals surface area contributed by atoms with Gasteiger partial charge in [0.2, 0.25) is 0 Å². The number of allylic oxidation sites excluding steroid dienone is 1. The highest BCUT2D eigenvalue weighted by molar-refractivity contribution is 5.89. The Morgan fingerprint density at radius 1 is 1.15 bits per heavy atom. The number of nitrogens with one attached hydrogen (secondary N) is 1. The van der Waals surface area contributed by atoms with Crippen molar-refractivity contribution in [2.75, 3.05) is 43.0 Å². The van der Waals surface area contributed by atoms with E-state index in [0.29, 0.717) is 19.7 Å². The third-order valence-corrected chi connectivity index (χ3v) is 4.82. The fourth-order valence-electron chi connectivity index (χ4n) is 3.42. The van der Waals surface area contributed by atoms with Crippen LogP contribution >= 0.6 is 0 Å². The molecule has 1 saturated heterocycles. The lowest BCUT2D eigenvalue weighted by molar-refractivity contribution is 0.208. The van der Waals surface area contributed by atoms with Crippen molar-refractivity contribution >= 4 is 23.6 Å². The minimum absolute atomic E-state index is 0.0772. The molecule has 0 radical (unpaired) electrons. The van der Waals surface area contributed by atoms with E-state index in [0.717, 1.165) is 48.0 Å². The molecular formula is C20H23N5O2. The van der Waals surface area contributed by atoms with E-state index in [1.165, 1.54) is 0 Å². The molecule has 4 rings (SSSR count). The van der Waals surface area contributed by atoms with Crippen LogP contribution in [0.1, 0.15) is 18.2 Å². The number of rotatable bonds is 4. The Kier molecular flexibility index (Phi) is 4.91. The van der Waals surface area contributed by atoms with Gasteiger partial charge in [-0.05, 0) is 31.2 Å². The van der Waals surface area contributed by atoms with Crippen LogP contribution in [0.2, 0.25) is 0 Å². The van der Waals surface area contributed by atoms with Crippen LogP contribution < -0.4 is 15.0 Å². The number of aromatic nitrogens is 2. The fourth-order valence-corrected chi connectivity index (χ4v) is 3.42. The first-order chi connectivity index (χ1) is 13.2. The van der Waals surface area contributed by atoms with Crippen molar-refractivity contribution in [1.29, 1.82) is 0 Å². The summed E-state index contributed by atoms with van der Waals surface area (Å²) in [6.07, 6.45) is 6.71. The number of carbonyl (C=O) groups is 1. The van der Waals surface area contributed by atoms with Crippen LogP contribution in [0.5, 0.6) is 5.75 Å². The molecule has 1 N–H and O–H groups in total. The largest absolute Gasteiger partial charge is 0.494 e. The number of nitrogens with zero attached hydrogens (tertiary/aromatic N) is 4. The van der Waals surface area contributed by atoms with E-state index < -0.39 is 0 Å². The summed E-state index contributed by atoms with van der Waals surface area (Å²) in [5.74, 6) is 1.77. The number of ether oxygens (including phenoxy) is 1. The van der Waals surface area contributed by atoms with Crippen molar-refractivity contribution < 1.29 is 9.53 Å². The molecular weight excluding hydrogens is 342 g/mol. The van der Waals surface area contributed by atoms with Gasteiger partial charge in [-0.1, -0.05) is 12.2 Å². The van der Waals surface area contributed by atoms with Gasteiger partial charge < -0.3 is 19.9 Å². The van der Waals surface area contributed by atoms with Gasteiger partial charge in [-0.25, -0.2) is 14.8 Å². The first kappa shape index (κ1) is 17.3. The lowest BCUT2D eigenvalue weighted by Gasteiger charge is -2.35. The van der Waals surface area contributed by atoms with Crippen molar-refractivity contribution in [2.24, 2.45) is 0 Å². The van der Waals surface area contributed by atoms with E-state index >= 15 is 0 Å². The maximum Gasteiger partial charge on any atom is 0.321 e. The van der Waals surface area contributed by atoms with Gasteiger partial charge >= 0.3 is 6.03 Å². The summed E-state index contributed by atoms with van der Waals surface area (Å²) in [6.45, 7) is 5.40. The maximum absolute atomic E-state index is 12.5. The highest BCUT2D eigenvalue weighted by atomic mass is 16.5. The Labute approximate surface area is 158 Å². The first-order valence-corrected chi connectivity index (χ1v) is 9.28. The highest BCUT2D eigenvalue weighted by Crippen LogP contribution is 2.27. The lowest BCUT2D eigenvalue weighted by atomic mass is 10.2. The predicted molar refractivity (Wildman–Crippen MR) is 105 cm³/mol. The number of fused-ring (bicyclic) bond motifs is 1. The van der Waals surface area contributed by atoms with E-state index in [1.54, 1.807) is 6.33 Å². The molecule has 0 atom stereocenters. The number of piperazine rings is 1. The number of benzene rings is 1.